The van der Waals surface area contributed by atoms with Gasteiger partial charge in [0.15, 0.2) is 0 Å². The molecule has 1 rings (SSSR count). The zero-order valence-corrected chi connectivity index (χ0v) is 14.1. The molecule has 0 unspecified atom stereocenters. The van der Waals surface area contributed by atoms with Crippen LogP contribution in [0.3, 0.4) is 0 Å². The molecule has 0 spiro atoms. The number of aldehydes is 1. The van der Waals surface area contributed by atoms with Gasteiger partial charge in [0.25, 0.3) is 0 Å². The van der Waals surface area contributed by atoms with Crippen molar-refractivity contribution >= 4 is 6.29 Å². The third kappa shape index (κ3) is 5.71. The van der Waals surface area contributed by atoms with E-state index in [4.69, 9.17) is 0 Å². The Bertz CT molecular complexity index is 522. The molecule has 0 atom stereocenters. The molecule has 0 N–H and O–H groups in total. The van der Waals surface area contributed by atoms with E-state index in [0.717, 1.165) is 11.9 Å². The van der Waals surface area contributed by atoms with Crippen molar-refractivity contribution in [3.63, 3.8) is 0 Å². The van der Waals surface area contributed by atoms with Crippen molar-refractivity contribution < 1.29 is 4.79 Å². The van der Waals surface area contributed by atoms with Gasteiger partial charge in [0, 0.05) is 0 Å². The maximum atomic E-state index is 10.3. The molecule has 0 saturated carbocycles. The van der Waals surface area contributed by atoms with Crippen LogP contribution in [-0.2, 0) is 4.79 Å². The zero-order chi connectivity index (χ0) is 15.9. The third-order valence-corrected chi connectivity index (χ3v) is 4.10. The van der Waals surface area contributed by atoms with Crippen molar-refractivity contribution in [2.75, 3.05) is 0 Å². The van der Waals surface area contributed by atoms with Crippen molar-refractivity contribution in [3.05, 3.63) is 58.7 Å². The number of hydrogen-bond donors (Lipinski definition) is 0. The van der Waals surface area contributed by atoms with Crippen molar-refractivity contribution in [3.8, 4) is 0 Å². The van der Waals surface area contributed by atoms with Gasteiger partial charge in [0.05, 0.1) is 0 Å². The maximum Gasteiger partial charge on any atom is 0.143 e. The molecular formula is C20H28O. The maximum absolute atomic E-state index is 10.3. The van der Waals surface area contributed by atoms with Gasteiger partial charge in [-0.2, -0.15) is 0 Å². The number of carbonyl (C=O) groups excluding carboxylic acids is 1. The smallest absolute Gasteiger partial charge is 0.143 e. The first kappa shape index (κ1) is 17.4. The second-order valence-electron chi connectivity index (χ2n) is 6.58. The molecule has 0 radical (unpaired) electrons. The Labute approximate surface area is 129 Å². The van der Waals surface area contributed by atoms with Crippen molar-refractivity contribution in [1.82, 2.24) is 0 Å². The highest BCUT2D eigenvalue weighted by Gasteiger charge is 2.26. The van der Waals surface area contributed by atoms with E-state index < -0.39 is 0 Å². The fourth-order valence-electron chi connectivity index (χ4n) is 2.80. The first-order valence-corrected chi connectivity index (χ1v) is 7.72. The lowest BCUT2D eigenvalue weighted by molar-refractivity contribution is -0.104. The molecule has 0 amide bonds. The number of allylic oxidation sites excluding steroid dienone is 10. The summed E-state index contributed by atoms with van der Waals surface area (Å²) in [6, 6.07) is 0. The average molecular weight is 286 g/mol. The first-order chi connectivity index (χ1) is 9.86. The fraction of sp³-hybridized carbons (Fsp3) is 0.450. The summed E-state index contributed by atoms with van der Waals surface area (Å²) in [4.78, 5) is 10.3. The van der Waals surface area contributed by atoms with Crippen LogP contribution in [0.15, 0.2) is 58.7 Å². The van der Waals surface area contributed by atoms with Gasteiger partial charge in [-0.25, -0.2) is 0 Å². The minimum atomic E-state index is 0.290. The Hall–Kier alpha value is -1.63. The standard InChI is InChI=1S/C20H28O/c1-16(8-6-9-17(2)13-15-21)11-12-19-18(3)10-7-14-20(19,4)5/h6,8-9,11-13,15H,7,10,14H2,1-5H3/b9-6+,12-11+,16-8+,17-13+/i2+1,6+1. The van der Waals surface area contributed by atoms with Crippen LogP contribution in [0.25, 0.3) is 0 Å². The molecule has 0 aromatic carbocycles. The molecule has 0 bridgehead atoms. The van der Waals surface area contributed by atoms with Gasteiger partial charge in [-0.15, -0.1) is 0 Å². The summed E-state index contributed by atoms with van der Waals surface area (Å²) < 4.78 is 0. The largest absolute Gasteiger partial charge is 0.299 e. The molecule has 1 nitrogen and oxygen atoms in total. The molecule has 0 aliphatic heterocycles. The van der Waals surface area contributed by atoms with Crippen LogP contribution in [-0.4, -0.2) is 6.29 Å². The number of rotatable bonds is 5. The monoisotopic (exact) mass is 286 g/mol. The molecule has 0 aromatic rings. The summed E-state index contributed by atoms with van der Waals surface area (Å²) in [5, 5.41) is 0. The van der Waals surface area contributed by atoms with Crippen LogP contribution >= 0.6 is 0 Å². The summed E-state index contributed by atoms with van der Waals surface area (Å²) in [6.07, 6.45) is 16.6. The topological polar surface area (TPSA) is 17.1 Å². The molecule has 0 heterocycles. The van der Waals surface area contributed by atoms with Crippen LogP contribution in [0.1, 0.15) is 53.9 Å². The highest BCUT2D eigenvalue weighted by Crippen LogP contribution is 2.40. The van der Waals surface area contributed by atoms with E-state index in [1.54, 1.807) is 6.08 Å². The number of carbonyl (C=O) groups is 1. The molecule has 114 valence electrons. The Morgan fingerprint density at radius 3 is 2.38 bits per heavy atom. The van der Waals surface area contributed by atoms with E-state index in [2.05, 4.69) is 45.9 Å². The van der Waals surface area contributed by atoms with E-state index in [1.807, 2.05) is 19.1 Å². The highest BCUT2D eigenvalue weighted by atomic mass is 16.1. The Morgan fingerprint density at radius 1 is 1.10 bits per heavy atom. The molecule has 0 fully saturated rings. The first-order valence-electron chi connectivity index (χ1n) is 7.72. The zero-order valence-electron chi connectivity index (χ0n) is 14.1. The van der Waals surface area contributed by atoms with Gasteiger partial charge in [-0.1, -0.05) is 55.4 Å². The molecule has 21 heavy (non-hydrogen) atoms. The van der Waals surface area contributed by atoms with Crippen LogP contribution in [0.2, 0.25) is 0 Å². The average Bonchev–Trinajstić information content (AvgIpc) is 2.37. The Balaban J connectivity index is 2.80. The van der Waals surface area contributed by atoms with Gasteiger partial charge in [-0.05, 0) is 62.7 Å². The summed E-state index contributed by atoms with van der Waals surface area (Å²) in [7, 11) is 0. The normalized spacial score (nSPS) is 20.6. The SMILES string of the molecule is CC1=C(/C=C/C(C)=C/[13CH]=C/C([13CH3])=C/C=O)C(C)(C)CCC1. The molecule has 1 aliphatic carbocycles. The van der Waals surface area contributed by atoms with E-state index in [1.165, 1.54) is 36.0 Å². The molecule has 0 aromatic heterocycles. The van der Waals surface area contributed by atoms with Crippen LogP contribution in [0.5, 0.6) is 0 Å². The third-order valence-electron chi connectivity index (χ3n) is 4.10. The lowest BCUT2D eigenvalue weighted by Gasteiger charge is -2.32. The van der Waals surface area contributed by atoms with E-state index in [0.29, 0.717) is 0 Å². The second-order valence-corrected chi connectivity index (χ2v) is 6.58. The second kappa shape index (κ2) is 7.97. The lowest BCUT2D eigenvalue weighted by atomic mass is 9.72. The summed E-state index contributed by atoms with van der Waals surface area (Å²) in [5.41, 5.74) is 5.48. The molecule has 1 aliphatic rings. The van der Waals surface area contributed by atoms with Crippen LogP contribution < -0.4 is 0 Å². The van der Waals surface area contributed by atoms with E-state index in [-0.39, 0.29) is 5.41 Å². The van der Waals surface area contributed by atoms with E-state index >= 15 is 0 Å². The fourth-order valence-corrected chi connectivity index (χ4v) is 2.80. The summed E-state index contributed by atoms with van der Waals surface area (Å²) >= 11 is 0. The van der Waals surface area contributed by atoms with Crippen LogP contribution in [0.4, 0.5) is 0 Å². The Morgan fingerprint density at radius 2 is 1.76 bits per heavy atom. The minimum absolute atomic E-state index is 0.290. The van der Waals surface area contributed by atoms with Crippen molar-refractivity contribution in [2.24, 2.45) is 5.41 Å². The lowest BCUT2D eigenvalue weighted by Crippen LogP contribution is -2.19. The van der Waals surface area contributed by atoms with Crippen molar-refractivity contribution in [2.45, 2.75) is 53.9 Å². The molecule has 0 saturated heterocycles. The van der Waals surface area contributed by atoms with Gasteiger partial charge < -0.3 is 0 Å². The van der Waals surface area contributed by atoms with Gasteiger partial charge in [0.2, 0.25) is 0 Å². The van der Waals surface area contributed by atoms with Gasteiger partial charge in [-0.3, -0.25) is 4.79 Å². The van der Waals surface area contributed by atoms with Crippen molar-refractivity contribution in [1.29, 1.82) is 0 Å². The highest BCUT2D eigenvalue weighted by molar-refractivity contribution is 5.66. The molecular weight excluding hydrogens is 258 g/mol. The quantitative estimate of drug-likeness (QED) is 0.273. The summed E-state index contributed by atoms with van der Waals surface area (Å²) in [6.45, 7) is 10.9. The summed E-state index contributed by atoms with van der Waals surface area (Å²) in [5.74, 6) is 0. The Kier molecular flexibility index (Phi) is 6.61. The predicted octanol–water partition coefficient (Wildman–Crippen LogP) is 5.72. The predicted molar refractivity (Wildman–Crippen MR) is 92.2 cm³/mol. The van der Waals surface area contributed by atoms with Gasteiger partial charge >= 0.3 is 0 Å². The minimum Gasteiger partial charge on any atom is -0.299 e. The van der Waals surface area contributed by atoms with Gasteiger partial charge in [0.1, 0.15) is 6.29 Å². The number of hydrogen-bond acceptors (Lipinski definition) is 1. The van der Waals surface area contributed by atoms with Crippen LogP contribution in [0, 0.1) is 5.41 Å². The molecule has 1 heteroatoms. The van der Waals surface area contributed by atoms with E-state index in [9.17, 15) is 4.79 Å².